The fourth-order valence-electron chi connectivity index (χ4n) is 2.55. The van der Waals surface area contributed by atoms with Crippen molar-refractivity contribution >= 4 is 22.7 Å². The highest BCUT2D eigenvalue weighted by atomic mass is 16.5. The Balaban J connectivity index is 1.69. The second-order valence-corrected chi connectivity index (χ2v) is 5.73. The van der Waals surface area contributed by atoms with Crippen LogP contribution in [0.2, 0.25) is 0 Å². The van der Waals surface area contributed by atoms with Crippen molar-refractivity contribution in [2.75, 3.05) is 12.4 Å². The number of nitrogens with zero attached hydrogens (tertiary/aromatic N) is 2. The molecule has 130 valence electrons. The monoisotopic (exact) mass is 341 g/mol. The number of anilines is 1. The van der Waals surface area contributed by atoms with Gasteiger partial charge in [-0.2, -0.15) is 0 Å². The minimum Gasteiger partial charge on any atom is -0.497 e. The molecule has 1 aromatic carbocycles. The largest absolute Gasteiger partial charge is 0.497 e. The van der Waals surface area contributed by atoms with Crippen molar-refractivity contribution in [1.29, 1.82) is 0 Å². The summed E-state index contributed by atoms with van der Waals surface area (Å²) in [6.07, 6.45) is 1.57. The maximum atomic E-state index is 12.5. The third-order valence-corrected chi connectivity index (χ3v) is 4.11. The fourth-order valence-corrected chi connectivity index (χ4v) is 2.55. The van der Waals surface area contributed by atoms with Crippen LogP contribution >= 0.6 is 0 Å². The Morgan fingerprint density at radius 1 is 1.28 bits per heavy atom. The number of methoxy groups -OCH3 is 1. The average Bonchev–Trinajstić information content (AvgIpc) is 2.90. The standard InChI is InChI=1S/C18H19N3O4/c1-11-12(2)25-17-16(11)18(23)21(10-19-17)9-8-15(22)20-13-4-6-14(24-3)7-5-13/h4-7,10H,8-9H2,1-3H3,(H,20,22). The van der Waals surface area contributed by atoms with Gasteiger partial charge in [-0.3, -0.25) is 14.2 Å². The average molecular weight is 341 g/mol. The molecule has 0 aliphatic heterocycles. The van der Waals surface area contributed by atoms with Crippen LogP contribution in [-0.4, -0.2) is 22.6 Å². The lowest BCUT2D eigenvalue weighted by Crippen LogP contribution is -2.23. The van der Waals surface area contributed by atoms with Crippen LogP contribution in [0.3, 0.4) is 0 Å². The summed E-state index contributed by atoms with van der Waals surface area (Å²) in [5.41, 5.74) is 1.59. The summed E-state index contributed by atoms with van der Waals surface area (Å²) in [7, 11) is 1.58. The molecule has 0 spiro atoms. The number of benzene rings is 1. The van der Waals surface area contributed by atoms with Gasteiger partial charge >= 0.3 is 0 Å². The third-order valence-electron chi connectivity index (χ3n) is 4.11. The van der Waals surface area contributed by atoms with Crippen LogP contribution in [-0.2, 0) is 11.3 Å². The van der Waals surface area contributed by atoms with Crippen LogP contribution in [0.1, 0.15) is 17.7 Å². The number of carbonyl (C=O) groups is 1. The van der Waals surface area contributed by atoms with Crippen molar-refractivity contribution in [2.24, 2.45) is 0 Å². The molecule has 0 unspecified atom stereocenters. The lowest BCUT2D eigenvalue weighted by molar-refractivity contribution is -0.116. The molecule has 1 N–H and O–H groups in total. The summed E-state index contributed by atoms with van der Waals surface area (Å²) in [6.45, 7) is 3.86. The molecule has 2 heterocycles. The van der Waals surface area contributed by atoms with Gasteiger partial charge in [0.1, 0.15) is 23.2 Å². The van der Waals surface area contributed by atoms with Crippen molar-refractivity contribution in [1.82, 2.24) is 9.55 Å². The molecule has 2 aromatic heterocycles. The van der Waals surface area contributed by atoms with Crippen molar-refractivity contribution < 1.29 is 13.9 Å². The van der Waals surface area contributed by atoms with E-state index < -0.39 is 0 Å². The zero-order chi connectivity index (χ0) is 18.0. The molecule has 0 fully saturated rings. The van der Waals surface area contributed by atoms with E-state index in [-0.39, 0.29) is 24.4 Å². The quantitative estimate of drug-likeness (QED) is 0.771. The first-order valence-electron chi connectivity index (χ1n) is 7.88. The Morgan fingerprint density at radius 3 is 2.68 bits per heavy atom. The molecule has 0 aliphatic carbocycles. The van der Waals surface area contributed by atoms with E-state index in [1.54, 1.807) is 38.3 Å². The first-order valence-corrected chi connectivity index (χ1v) is 7.88. The Labute approximate surface area is 144 Å². The number of amides is 1. The summed E-state index contributed by atoms with van der Waals surface area (Å²) in [4.78, 5) is 28.8. The maximum Gasteiger partial charge on any atom is 0.264 e. The first-order chi connectivity index (χ1) is 12.0. The molecular formula is C18H19N3O4. The maximum absolute atomic E-state index is 12.5. The number of furan rings is 1. The van der Waals surface area contributed by atoms with Crippen molar-refractivity contribution in [3.63, 3.8) is 0 Å². The van der Waals surface area contributed by atoms with E-state index in [0.717, 1.165) is 11.3 Å². The normalized spacial score (nSPS) is 10.8. The van der Waals surface area contributed by atoms with E-state index in [9.17, 15) is 9.59 Å². The van der Waals surface area contributed by atoms with Gasteiger partial charge in [0.25, 0.3) is 5.56 Å². The Hall–Kier alpha value is -3.09. The molecule has 3 aromatic rings. The number of nitrogens with one attached hydrogen (secondary N) is 1. The third kappa shape index (κ3) is 3.40. The van der Waals surface area contributed by atoms with Gasteiger partial charge in [0.15, 0.2) is 0 Å². The second-order valence-electron chi connectivity index (χ2n) is 5.73. The Kier molecular flexibility index (Phi) is 4.56. The van der Waals surface area contributed by atoms with E-state index in [4.69, 9.17) is 9.15 Å². The van der Waals surface area contributed by atoms with Crippen LogP contribution in [0.25, 0.3) is 11.1 Å². The molecule has 7 heteroatoms. The number of rotatable bonds is 5. The van der Waals surface area contributed by atoms with Crippen molar-refractivity contribution in [3.8, 4) is 5.75 Å². The molecule has 1 amide bonds. The zero-order valence-corrected chi connectivity index (χ0v) is 14.3. The van der Waals surface area contributed by atoms with Gasteiger partial charge in [-0.25, -0.2) is 4.98 Å². The molecule has 7 nitrogen and oxygen atoms in total. The number of hydrogen-bond acceptors (Lipinski definition) is 5. The minimum absolute atomic E-state index is 0.162. The molecule has 0 saturated carbocycles. The van der Waals surface area contributed by atoms with Crippen molar-refractivity contribution in [2.45, 2.75) is 26.8 Å². The van der Waals surface area contributed by atoms with Crippen LogP contribution in [0.5, 0.6) is 5.75 Å². The van der Waals surface area contributed by atoms with Gasteiger partial charge in [0.2, 0.25) is 11.6 Å². The lowest BCUT2D eigenvalue weighted by atomic mass is 10.2. The molecule has 0 atom stereocenters. The smallest absolute Gasteiger partial charge is 0.264 e. The molecule has 0 aliphatic rings. The molecule has 25 heavy (non-hydrogen) atoms. The first kappa shape index (κ1) is 16.8. The number of fused-ring (bicyclic) bond motifs is 1. The van der Waals surface area contributed by atoms with Crippen LogP contribution in [0, 0.1) is 13.8 Å². The van der Waals surface area contributed by atoms with E-state index in [1.165, 1.54) is 10.9 Å². The predicted octanol–water partition coefficient (Wildman–Crippen LogP) is 2.64. The predicted molar refractivity (Wildman–Crippen MR) is 94.0 cm³/mol. The van der Waals surface area contributed by atoms with Gasteiger partial charge in [-0.05, 0) is 38.1 Å². The highest BCUT2D eigenvalue weighted by molar-refractivity contribution is 5.90. The molecular weight excluding hydrogens is 322 g/mol. The highest BCUT2D eigenvalue weighted by Gasteiger charge is 2.14. The van der Waals surface area contributed by atoms with E-state index in [2.05, 4.69) is 10.3 Å². The van der Waals surface area contributed by atoms with Gasteiger partial charge in [-0.1, -0.05) is 0 Å². The van der Waals surface area contributed by atoms with E-state index in [0.29, 0.717) is 22.5 Å². The van der Waals surface area contributed by atoms with E-state index >= 15 is 0 Å². The Morgan fingerprint density at radius 2 is 2.00 bits per heavy atom. The van der Waals surface area contributed by atoms with Gasteiger partial charge in [0, 0.05) is 24.2 Å². The van der Waals surface area contributed by atoms with Gasteiger partial charge < -0.3 is 14.5 Å². The summed E-state index contributed by atoms with van der Waals surface area (Å²) in [5, 5.41) is 3.25. The zero-order valence-electron chi connectivity index (χ0n) is 14.3. The number of aromatic nitrogens is 2. The molecule has 0 saturated heterocycles. The lowest BCUT2D eigenvalue weighted by Gasteiger charge is -2.07. The number of carbonyl (C=O) groups excluding carboxylic acids is 1. The summed E-state index contributed by atoms with van der Waals surface area (Å²) >= 11 is 0. The van der Waals surface area contributed by atoms with Crippen LogP contribution < -0.4 is 15.6 Å². The van der Waals surface area contributed by atoms with Gasteiger partial charge in [-0.15, -0.1) is 0 Å². The summed E-state index contributed by atoms with van der Waals surface area (Å²) in [5.74, 6) is 1.21. The van der Waals surface area contributed by atoms with Crippen LogP contribution in [0.4, 0.5) is 5.69 Å². The number of aryl methyl sites for hydroxylation is 3. The number of hydrogen-bond donors (Lipinski definition) is 1. The molecule has 3 rings (SSSR count). The van der Waals surface area contributed by atoms with Crippen molar-refractivity contribution in [3.05, 3.63) is 52.3 Å². The molecule has 0 bridgehead atoms. The fraction of sp³-hybridized carbons (Fsp3) is 0.278. The second kappa shape index (κ2) is 6.80. The number of ether oxygens (including phenoxy) is 1. The molecule has 0 radical (unpaired) electrons. The topological polar surface area (TPSA) is 86.4 Å². The Bertz CT molecular complexity index is 970. The highest BCUT2D eigenvalue weighted by Crippen LogP contribution is 2.19. The minimum atomic E-state index is -0.198. The summed E-state index contributed by atoms with van der Waals surface area (Å²) < 4.78 is 11.9. The van der Waals surface area contributed by atoms with E-state index in [1.807, 2.05) is 6.92 Å². The summed E-state index contributed by atoms with van der Waals surface area (Å²) in [6, 6.07) is 7.05. The van der Waals surface area contributed by atoms with Crippen LogP contribution in [0.15, 0.2) is 39.8 Å². The van der Waals surface area contributed by atoms with Gasteiger partial charge in [0.05, 0.1) is 7.11 Å². The SMILES string of the molecule is COc1ccc(NC(=O)CCn2cnc3oc(C)c(C)c3c2=O)cc1.